The van der Waals surface area contributed by atoms with E-state index in [9.17, 15) is 0 Å². The molecule has 0 bridgehead atoms. The van der Waals surface area contributed by atoms with Crippen molar-refractivity contribution in [3.8, 4) is 28.1 Å². The van der Waals surface area contributed by atoms with E-state index in [0.717, 1.165) is 75.9 Å². The van der Waals surface area contributed by atoms with Gasteiger partial charge in [-0.05, 0) is 90.6 Å². The predicted octanol–water partition coefficient (Wildman–Crippen LogP) is 12.0. The number of hydrogen-bond donors (Lipinski definition) is 0. The van der Waals surface area contributed by atoms with Crippen molar-refractivity contribution in [2.75, 3.05) is 0 Å². The van der Waals surface area contributed by atoms with Crippen LogP contribution in [0, 0.1) is 0 Å². The number of aryl methyl sites for hydroxylation is 1. The summed E-state index contributed by atoms with van der Waals surface area (Å²) in [5.74, 6) is 1.57. The van der Waals surface area contributed by atoms with Gasteiger partial charge in [-0.15, -0.1) is 0 Å². The summed E-state index contributed by atoms with van der Waals surface area (Å²) in [5, 5.41) is 7.35. The minimum atomic E-state index is 0.214. The zero-order valence-electron chi connectivity index (χ0n) is 31.4. The number of para-hydroxylation sites is 3. The van der Waals surface area contributed by atoms with Gasteiger partial charge in [0.1, 0.15) is 22.5 Å². The molecule has 2 aliphatic rings. The van der Waals surface area contributed by atoms with E-state index in [1.54, 1.807) is 0 Å². The van der Waals surface area contributed by atoms with Crippen LogP contribution in [0.2, 0.25) is 0 Å². The highest BCUT2D eigenvalue weighted by Crippen LogP contribution is 2.42. The smallest absolute Gasteiger partial charge is 0.136 e. The molecular formula is C53H38N2O2. The summed E-state index contributed by atoms with van der Waals surface area (Å²) in [6, 6.07) is 56.4. The standard InChI is InChI=1S/C53H38N2O2/c1-3-12-33(13-4-1)37-29-45(36-23-26-42-41-17-8-10-20-49(41)57-52(42)32-36)54-46(30-37)43-18-11-21-51-53(43)44-28-34(24-27-50(44)56-51)35-22-25-40-39-16-7-9-19-47(39)55(48(40)31-35)38-14-5-2-6-15-38/h1-21,24-25,27-31,35-36H,22-23,26,32H2. The average molecular weight is 735 g/mol. The first-order valence-electron chi connectivity index (χ1n) is 20.1. The maximum absolute atomic E-state index is 6.60. The molecule has 0 fully saturated rings. The van der Waals surface area contributed by atoms with Crippen LogP contribution in [-0.4, -0.2) is 9.55 Å². The summed E-state index contributed by atoms with van der Waals surface area (Å²) < 4.78 is 15.5. The van der Waals surface area contributed by atoms with E-state index in [0.29, 0.717) is 0 Å². The summed E-state index contributed by atoms with van der Waals surface area (Å²) in [4.78, 5) is 5.52. The number of pyridine rings is 1. The van der Waals surface area contributed by atoms with Crippen LogP contribution >= 0.6 is 0 Å². The molecule has 0 radical (unpaired) electrons. The van der Waals surface area contributed by atoms with Gasteiger partial charge in [0.25, 0.3) is 0 Å². The van der Waals surface area contributed by atoms with Crippen molar-refractivity contribution in [3.05, 3.63) is 191 Å². The lowest BCUT2D eigenvalue weighted by molar-refractivity contribution is 0.466. The maximum Gasteiger partial charge on any atom is 0.136 e. The Hall–Kier alpha value is -6.91. The van der Waals surface area contributed by atoms with Gasteiger partial charge in [-0.2, -0.15) is 0 Å². The Balaban J connectivity index is 0.997. The first kappa shape index (κ1) is 32.3. The molecule has 272 valence electrons. The topological polar surface area (TPSA) is 44.1 Å². The van der Waals surface area contributed by atoms with Crippen molar-refractivity contribution in [2.24, 2.45) is 0 Å². The summed E-state index contributed by atoms with van der Waals surface area (Å²) >= 11 is 0. The normalized spacial score (nSPS) is 16.4. The van der Waals surface area contributed by atoms with Crippen LogP contribution in [0.3, 0.4) is 0 Å². The second-order valence-corrected chi connectivity index (χ2v) is 15.7. The highest BCUT2D eigenvalue weighted by Gasteiger charge is 2.28. The highest BCUT2D eigenvalue weighted by molar-refractivity contribution is 6.12. The molecule has 4 heteroatoms. The van der Waals surface area contributed by atoms with Gasteiger partial charge in [0.2, 0.25) is 0 Å². The van der Waals surface area contributed by atoms with Gasteiger partial charge in [0, 0.05) is 67.5 Å². The zero-order valence-corrected chi connectivity index (χ0v) is 31.4. The Morgan fingerprint density at radius 3 is 2.28 bits per heavy atom. The lowest BCUT2D eigenvalue weighted by Gasteiger charge is -2.22. The number of aromatic nitrogens is 2. The fourth-order valence-electron chi connectivity index (χ4n) is 9.72. The van der Waals surface area contributed by atoms with Crippen LogP contribution in [0.1, 0.15) is 47.3 Å². The van der Waals surface area contributed by atoms with Gasteiger partial charge < -0.3 is 13.4 Å². The molecule has 6 aromatic carbocycles. The van der Waals surface area contributed by atoms with E-state index in [1.807, 2.05) is 0 Å². The number of hydrogen-bond acceptors (Lipinski definition) is 3. The molecule has 4 heterocycles. The minimum Gasteiger partial charge on any atom is -0.461 e. The van der Waals surface area contributed by atoms with Crippen molar-refractivity contribution in [3.63, 3.8) is 0 Å². The Morgan fingerprint density at radius 2 is 1.39 bits per heavy atom. The molecule has 2 atom stereocenters. The molecule has 2 unspecified atom stereocenters. The Bertz CT molecular complexity index is 3310. The molecule has 4 aromatic heterocycles. The molecule has 12 rings (SSSR count). The molecule has 0 N–H and O–H groups in total. The van der Waals surface area contributed by atoms with Gasteiger partial charge in [-0.1, -0.05) is 115 Å². The average Bonchev–Trinajstić information content (AvgIpc) is 3.95. The number of nitrogens with zero attached hydrogens (tertiary/aromatic N) is 2. The number of benzene rings is 6. The van der Waals surface area contributed by atoms with Crippen molar-refractivity contribution in [2.45, 2.75) is 37.5 Å². The van der Waals surface area contributed by atoms with E-state index >= 15 is 0 Å². The molecule has 0 saturated carbocycles. The summed E-state index contributed by atoms with van der Waals surface area (Å²) in [5.41, 5.74) is 13.3. The van der Waals surface area contributed by atoms with E-state index in [-0.39, 0.29) is 11.8 Å². The lowest BCUT2D eigenvalue weighted by atomic mass is 9.84. The van der Waals surface area contributed by atoms with Crippen LogP contribution in [0.5, 0.6) is 0 Å². The number of furan rings is 2. The molecular weight excluding hydrogens is 697 g/mol. The van der Waals surface area contributed by atoms with Crippen LogP contribution in [0.4, 0.5) is 0 Å². The Labute approximate surface area is 329 Å². The molecule has 0 saturated heterocycles. The molecule has 0 spiro atoms. The largest absolute Gasteiger partial charge is 0.461 e. The predicted molar refractivity (Wildman–Crippen MR) is 232 cm³/mol. The maximum atomic E-state index is 6.60. The van der Waals surface area contributed by atoms with Crippen molar-refractivity contribution < 1.29 is 8.83 Å². The van der Waals surface area contributed by atoms with Gasteiger partial charge in [-0.25, -0.2) is 0 Å². The molecule has 0 aliphatic heterocycles. The van der Waals surface area contributed by atoms with Gasteiger partial charge in [0.05, 0.1) is 16.6 Å². The fourth-order valence-corrected chi connectivity index (χ4v) is 9.72. The van der Waals surface area contributed by atoms with Crippen molar-refractivity contribution >= 4 is 56.0 Å². The lowest BCUT2D eigenvalue weighted by Crippen LogP contribution is -2.31. The van der Waals surface area contributed by atoms with E-state index in [4.69, 9.17) is 13.8 Å². The van der Waals surface area contributed by atoms with Gasteiger partial charge >= 0.3 is 0 Å². The SMILES string of the molecule is C1=c2c(n(-c3ccccc3)c3ccccc23)=CC(c2ccc3oc4cccc(-c5cc(-c6ccccc6)cc(C6CCc7c(oc8ccccc78)C6)n5)c4c3c2)C1. The summed E-state index contributed by atoms with van der Waals surface area (Å²) in [7, 11) is 0. The highest BCUT2D eigenvalue weighted by atomic mass is 16.3. The molecule has 0 amide bonds. The number of rotatable bonds is 5. The summed E-state index contributed by atoms with van der Waals surface area (Å²) in [6.45, 7) is 0. The van der Waals surface area contributed by atoms with Gasteiger partial charge in [-0.3, -0.25) is 4.98 Å². The quantitative estimate of drug-likeness (QED) is 0.177. The fraction of sp³-hybridized carbons (Fsp3) is 0.113. The second-order valence-electron chi connectivity index (χ2n) is 15.7. The molecule has 2 aliphatic carbocycles. The molecule has 57 heavy (non-hydrogen) atoms. The Morgan fingerprint density at radius 1 is 0.614 bits per heavy atom. The molecule has 10 aromatic rings. The van der Waals surface area contributed by atoms with Crippen LogP contribution in [-0.2, 0) is 12.8 Å². The molecule has 4 nitrogen and oxygen atoms in total. The Kier molecular flexibility index (Phi) is 7.28. The van der Waals surface area contributed by atoms with E-state index < -0.39 is 0 Å². The van der Waals surface area contributed by atoms with Crippen LogP contribution < -0.4 is 10.6 Å². The van der Waals surface area contributed by atoms with E-state index in [2.05, 4.69) is 174 Å². The summed E-state index contributed by atoms with van der Waals surface area (Å²) in [6.07, 6.45) is 8.70. The first-order valence-corrected chi connectivity index (χ1v) is 20.1. The van der Waals surface area contributed by atoms with Gasteiger partial charge in [0.15, 0.2) is 0 Å². The third-order valence-corrected chi connectivity index (χ3v) is 12.5. The minimum absolute atomic E-state index is 0.214. The second kappa shape index (κ2) is 12.8. The third-order valence-electron chi connectivity index (χ3n) is 12.5. The van der Waals surface area contributed by atoms with Crippen molar-refractivity contribution in [1.29, 1.82) is 0 Å². The monoisotopic (exact) mass is 734 g/mol. The van der Waals surface area contributed by atoms with Crippen LogP contribution in [0.15, 0.2) is 167 Å². The van der Waals surface area contributed by atoms with Crippen molar-refractivity contribution in [1.82, 2.24) is 9.55 Å². The first-order chi connectivity index (χ1) is 28.2. The van der Waals surface area contributed by atoms with E-state index in [1.165, 1.54) is 54.8 Å². The zero-order chi connectivity index (χ0) is 37.5. The number of fused-ring (bicyclic) bond motifs is 9. The van der Waals surface area contributed by atoms with Crippen LogP contribution in [0.25, 0.3) is 84.0 Å². The third kappa shape index (κ3) is 5.24.